The zero-order valence-corrected chi connectivity index (χ0v) is 11.2. The molecule has 1 aliphatic rings. The van der Waals surface area contributed by atoms with E-state index in [-0.39, 0.29) is 11.8 Å². The van der Waals surface area contributed by atoms with Crippen molar-refractivity contribution >= 4 is 5.91 Å². The average molecular weight is 262 g/mol. The lowest BCUT2D eigenvalue weighted by molar-refractivity contribution is -0.122. The Balaban J connectivity index is 1.86. The summed E-state index contributed by atoms with van der Waals surface area (Å²) in [6.45, 7) is 2.61. The molecule has 2 unspecified atom stereocenters. The molecule has 1 aromatic carbocycles. The molecule has 2 atom stereocenters. The van der Waals surface area contributed by atoms with Crippen molar-refractivity contribution in [2.75, 3.05) is 26.3 Å². The number of hydrogen-bond donors (Lipinski definition) is 2. The predicted molar refractivity (Wildman–Crippen MR) is 74.8 cm³/mol. The van der Waals surface area contributed by atoms with Crippen LogP contribution in [0.25, 0.3) is 0 Å². The van der Waals surface area contributed by atoms with E-state index in [1.807, 2.05) is 30.3 Å². The highest BCUT2D eigenvalue weighted by molar-refractivity contribution is 5.83. The van der Waals surface area contributed by atoms with Gasteiger partial charge in [-0.1, -0.05) is 30.3 Å². The van der Waals surface area contributed by atoms with Gasteiger partial charge in [-0.3, -0.25) is 4.79 Å². The van der Waals surface area contributed by atoms with Gasteiger partial charge >= 0.3 is 0 Å². The first kappa shape index (κ1) is 14.0. The third-order valence-corrected chi connectivity index (χ3v) is 3.57. The van der Waals surface area contributed by atoms with Crippen LogP contribution in [0.3, 0.4) is 0 Å². The second-order valence-electron chi connectivity index (χ2n) is 5.03. The summed E-state index contributed by atoms with van der Waals surface area (Å²) < 4.78 is 5.41. The van der Waals surface area contributed by atoms with Gasteiger partial charge in [-0.2, -0.15) is 0 Å². The molecule has 104 valence electrons. The monoisotopic (exact) mass is 262 g/mol. The topological polar surface area (TPSA) is 64.4 Å². The van der Waals surface area contributed by atoms with Crippen LogP contribution in [0.2, 0.25) is 0 Å². The fourth-order valence-electron chi connectivity index (χ4n) is 2.42. The molecule has 0 radical (unpaired) electrons. The van der Waals surface area contributed by atoms with Gasteiger partial charge in [0.25, 0.3) is 0 Å². The van der Waals surface area contributed by atoms with E-state index in [0.29, 0.717) is 19.0 Å². The highest BCUT2D eigenvalue weighted by atomic mass is 16.5. The van der Waals surface area contributed by atoms with Gasteiger partial charge in [-0.15, -0.1) is 0 Å². The van der Waals surface area contributed by atoms with Crippen LogP contribution in [0.5, 0.6) is 0 Å². The summed E-state index contributed by atoms with van der Waals surface area (Å²) in [5.41, 5.74) is 6.70. The molecule has 4 heteroatoms. The normalized spacial score (nSPS) is 20.8. The van der Waals surface area contributed by atoms with Crippen molar-refractivity contribution in [2.24, 2.45) is 11.7 Å². The van der Waals surface area contributed by atoms with Crippen LogP contribution in [-0.4, -0.2) is 32.2 Å². The van der Waals surface area contributed by atoms with E-state index in [9.17, 15) is 4.79 Å². The highest BCUT2D eigenvalue weighted by Gasteiger charge is 2.20. The predicted octanol–water partition coefficient (Wildman–Crippen LogP) is 1.27. The summed E-state index contributed by atoms with van der Waals surface area (Å²) in [7, 11) is 0. The van der Waals surface area contributed by atoms with Crippen molar-refractivity contribution in [1.82, 2.24) is 5.32 Å². The van der Waals surface area contributed by atoms with Crippen molar-refractivity contribution in [3.63, 3.8) is 0 Å². The molecule has 1 saturated heterocycles. The van der Waals surface area contributed by atoms with Crippen molar-refractivity contribution in [1.29, 1.82) is 0 Å². The molecule has 0 spiro atoms. The van der Waals surface area contributed by atoms with Gasteiger partial charge in [-0.25, -0.2) is 0 Å². The molecule has 19 heavy (non-hydrogen) atoms. The fraction of sp³-hybridized carbons (Fsp3) is 0.533. The minimum absolute atomic E-state index is 0.0132. The van der Waals surface area contributed by atoms with E-state index in [2.05, 4.69) is 5.32 Å². The number of ether oxygens (including phenoxy) is 1. The lowest BCUT2D eigenvalue weighted by Crippen LogP contribution is -2.38. The molecule has 0 bridgehead atoms. The summed E-state index contributed by atoms with van der Waals surface area (Å²) in [5, 5.41) is 3.00. The molecule has 1 aromatic rings. The Labute approximate surface area is 114 Å². The zero-order valence-electron chi connectivity index (χ0n) is 11.2. The van der Waals surface area contributed by atoms with Crippen molar-refractivity contribution < 1.29 is 9.53 Å². The molecule has 0 aliphatic carbocycles. The molecule has 1 aliphatic heterocycles. The van der Waals surface area contributed by atoms with Gasteiger partial charge in [0.15, 0.2) is 0 Å². The molecule has 2 rings (SSSR count). The van der Waals surface area contributed by atoms with Crippen molar-refractivity contribution in [3.8, 4) is 0 Å². The first-order chi connectivity index (χ1) is 9.31. The average Bonchev–Trinajstić information content (AvgIpc) is 2.48. The second-order valence-corrected chi connectivity index (χ2v) is 5.03. The summed E-state index contributed by atoms with van der Waals surface area (Å²) in [4.78, 5) is 12.2. The fourth-order valence-corrected chi connectivity index (χ4v) is 2.42. The van der Waals surface area contributed by atoms with Crippen LogP contribution in [-0.2, 0) is 9.53 Å². The molecular formula is C15H22N2O2. The Morgan fingerprint density at radius 1 is 1.42 bits per heavy atom. The Morgan fingerprint density at radius 2 is 2.21 bits per heavy atom. The number of amides is 1. The largest absolute Gasteiger partial charge is 0.381 e. The van der Waals surface area contributed by atoms with Crippen LogP contribution >= 0.6 is 0 Å². The minimum Gasteiger partial charge on any atom is -0.381 e. The Hall–Kier alpha value is -1.39. The molecule has 3 N–H and O–H groups in total. The van der Waals surface area contributed by atoms with E-state index >= 15 is 0 Å². The number of nitrogens with two attached hydrogens (primary N) is 1. The smallest absolute Gasteiger partial charge is 0.228 e. The molecule has 1 heterocycles. The second kappa shape index (κ2) is 7.26. The number of hydrogen-bond acceptors (Lipinski definition) is 3. The first-order valence-electron chi connectivity index (χ1n) is 6.91. The number of nitrogens with one attached hydrogen (secondary N) is 1. The summed E-state index contributed by atoms with van der Waals surface area (Å²) in [6.07, 6.45) is 2.21. The Kier molecular flexibility index (Phi) is 5.36. The third-order valence-electron chi connectivity index (χ3n) is 3.57. The Bertz CT molecular complexity index is 388. The van der Waals surface area contributed by atoms with Crippen LogP contribution in [0.4, 0.5) is 0 Å². The molecule has 4 nitrogen and oxygen atoms in total. The van der Waals surface area contributed by atoms with Gasteiger partial charge < -0.3 is 15.8 Å². The molecule has 0 saturated carbocycles. The highest BCUT2D eigenvalue weighted by Crippen LogP contribution is 2.16. The molecular weight excluding hydrogens is 240 g/mol. The van der Waals surface area contributed by atoms with Crippen molar-refractivity contribution in [3.05, 3.63) is 35.9 Å². The van der Waals surface area contributed by atoms with Gasteiger partial charge in [0.2, 0.25) is 5.91 Å². The van der Waals surface area contributed by atoms with Crippen LogP contribution < -0.4 is 11.1 Å². The van der Waals surface area contributed by atoms with E-state index in [0.717, 1.165) is 31.6 Å². The zero-order chi connectivity index (χ0) is 13.5. The van der Waals surface area contributed by atoms with Crippen LogP contribution in [0.1, 0.15) is 24.3 Å². The third kappa shape index (κ3) is 4.04. The van der Waals surface area contributed by atoms with Gasteiger partial charge in [0.05, 0.1) is 12.5 Å². The number of benzene rings is 1. The van der Waals surface area contributed by atoms with E-state index in [1.54, 1.807) is 0 Å². The summed E-state index contributed by atoms with van der Waals surface area (Å²) in [6, 6.07) is 9.69. The Morgan fingerprint density at radius 3 is 2.84 bits per heavy atom. The number of carbonyl (C=O) groups excluding carboxylic acids is 1. The standard InChI is InChI=1S/C15H22N2O2/c16-9-14(13-6-2-1-3-7-13)15(18)17-10-12-5-4-8-19-11-12/h1-3,6-7,12,14H,4-5,8-11,16H2,(H,17,18). The van der Waals surface area contributed by atoms with E-state index in [1.165, 1.54) is 0 Å². The van der Waals surface area contributed by atoms with Crippen LogP contribution in [0.15, 0.2) is 30.3 Å². The minimum atomic E-state index is -0.259. The van der Waals surface area contributed by atoms with E-state index in [4.69, 9.17) is 10.5 Å². The van der Waals surface area contributed by atoms with Crippen molar-refractivity contribution in [2.45, 2.75) is 18.8 Å². The number of rotatable bonds is 5. The van der Waals surface area contributed by atoms with Gasteiger partial charge in [-0.05, 0) is 24.3 Å². The molecule has 1 amide bonds. The quantitative estimate of drug-likeness (QED) is 0.840. The summed E-state index contributed by atoms with van der Waals surface area (Å²) in [5.74, 6) is 0.192. The summed E-state index contributed by atoms with van der Waals surface area (Å²) >= 11 is 0. The maximum absolute atomic E-state index is 12.2. The lowest BCUT2D eigenvalue weighted by Gasteiger charge is -2.23. The van der Waals surface area contributed by atoms with Crippen LogP contribution in [0, 0.1) is 5.92 Å². The van der Waals surface area contributed by atoms with Gasteiger partial charge in [0.1, 0.15) is 0 Å². The first-order valence-corrected chi connectivity index (χ1v) is 6.91. The number of carbonyl (C=O) groups is 1. The molecule has 0 aromatic heterocycles. The maximum Gasteiger partial charge on any atom is 0.228 e. The van der Waals surface area contributed by atoms with Gasteiger partial charge in [0, 0.05) is 19.7 Å². The molecule has 1 fully saturated rings. The SMILES string of the molecule is NCC(C(=O)NCC1CCCOC1)c1ccccc1. The maximum atomic E-state index is 12.2. The van der Waals surface area contributed by atoms with E-state index < -0.39 is 0 Å². The lowest BCUT2D eigenvalue weighted by atomic mass is 9.97.